The molecule has 0 atom stereocenters. The molecule has 0 aliphatic rings. The summed E-state index contributed by atoms with van der Waals surface area (Å²) in [5, 5.41) is 0. The summed E-state index contributed by atoms with van der Waals surface area (Å²) >= 11 is 0. The van der Waals surface area contributed by atoms with Gasteiger partial charge in [-0.3, -0.25) is 9.69 Å². The zero-order chi connectivity index (χ0) is 9.68. The Hall–Kier alpha value is -1.35. The number of hydrogen-bond donors (Lipinski definition) is 0. The van der Waals surface area contributed by atoms with E-state index in [0.29, 0.717) is 6.73 Å². The molecule has 0 heterocycles. The van der Waals surface area contributed by atoms with E-state index in [-0.39, 0.29) is 5.91 Å². The molecule has 3 nitrogen and oxygen atoms in total. The van der Waals surface area contributed by atoms with Gasteiger partial charge in [-0.1, -0.05) is 18.2 Å². The Morgan fingerprint density at radius 1 is 1.38 bits per heavy atom. The molecule has 70 valence electrons. The van der Waals surface area contributed by atoms with Crippen LogP contribution in [-0.2, 0) is 9.53 Å². The zero-order valence-corrected chi connectivity index (χ0v) is 7.86. The molecule has 3 heteroatoms. The van der Waals surface area contributed by atoms with Crippen LogP contribution in [0, 0.1) is 0 Å². The maximum absolute atomic E-state index is 11.2. The smallest absolute Gasteiger partial charge is 0.225 e. The molecule has 0 bridgehead atoms. The lowest BCUT2D eigenvalue weighted by molar-refractivity contribution is -0.117. The van der Waals surface area contributed by atoms with E-state index in [1.165, 1.54) is 6.92 Å². The van der Waals surface area contributed by atoms with E-state index in [0.717, 1.165) is 5.69 Å². The number of benzene rings is 1. The number of amides is 1. The molecule has 1 rings (SSSR count). The Morgan fingerprint density at radius 3 is 2.46 bits per heavy atom. The van der Waals surface area contributed by atoms with Gasteiger partial charge in [0.2, 0.25) is 5.91 Å². The van der Waals surface area contributed by atoms with Gasteiger partial charge in [-0.25, -0.2) is 0 Å². The molecular weight excluding hydrogens is 166 g/mol. The highest BCUT2D eigenvalue weighted by Gasteiger charge is 2.08. The zero-order valence-electron chi connectivity index (χ0n) is 7.86. The second-order valence-electron chi connectivity index (χ2n) is 2.70. The highest BCUT2D eigenvalue weighted by atomic mass is 16.5. The Kier molecular flexibility index (Phi) is 3.46. The molecule has 0 saturated heterocycles. The Balaban J connectivity index is 2.82. The molecule has 0 fully saturated rings. The SMILES string of the molecule is COCN(C(C)=O)c1ccccc1. The Labute approximate surface area is 77.9 Å². The van der Waals surface area contributed by atoms with Crippen LogP contribution in [0.2, 0.25) is 0 Å². The van der Waals surface area contributed by atoms with Gasteiger partial charge < -0.3 is 4.74 Å². The minimum absolute atomic E-state index is 0.0203. The maximum Gasteiger partial charge on any atom is 0.225 e. The van der Waals surface area contributed by atoms with Crippen molar-refractivity contribution in [2.75, 3.05) is 18.7 Å². The standard InChI is InChI=1S/C10H13NO2/c1-9(12)11(8-13-2)10-6-4-3-5-7-10/h3-7H,8H2,1-2H3. The number of methoxy groups -OCH3 is 1. The van der Waals surface area contributed by atoms with Crippen LogP contribution < -0.4 is 4.90 Å². The fraction of sp³-hybridized carbons (Fsp3) is 0.300. The van der Waals surface area contributed by atoms with Gasteiger partial charge in [0.15, 0.2) is 0 Å². The van der Waals surface area contributed by atoms with E-state index in [1.54, 1.807) is 12.0 Å². The number of nitrogens with zero attached hydrogens (tertiary/aromatic N) is 1. The highest BCUT2D eigenvalue weighted by molar-refractivity contribution is 5.91. The van der Waals surface area contributed by atoms with Gasteiger partial charge in [-0.2, -0.15) is 0 Å². The molecule has 0 unspecified atom stereocenters. The molecule has 1 aromatic rings. The molecule has 0 spiro atoms. The molecule has 0 N–H and O–H groups in total. The third kappa shape index (κ3) is 2.56. The number of hydrogen-bond acceptors (Lipinski definition) is 2. The summed E-state index contributed by atoms with van der Waals surface area (Å²) < 4.78 is 4.92. The first-order chi connectivity index (χ1) is 6.25. The predicted molar refractivity (Wildman–Crippen MR) is 51.5 cm³/mol. The van der Waals surface area contributed by atoms with Crippen molar-refractivity contribution in [3.8, 4) is 0 Å². The monoisotopic (exact) mass is 179 g/mol. The molecule has 0 aliphatic heterocycles. The molecule has 0 radical (unpaired) electrons. The van der Waals surface area contributed by atoms with Gasteiger partial charge >= 0.3 is 0 Å². The van der Waals surface area contributed by atoms with Crippen molar-refractivity contribution in [1.82, 2.24) is 0 Å². The number of carbonyl (C=O) groups is 1. The van der Waals surface area contributed by atoms with Gasteiger partial charge in [0.1, 0.15) is 6.73 Å². The Bertz CT molecular complexity index is 272. The van der Waals surface area contributed by atoms with Crippen LogP contribution >= 0.6 is 0 Å². The molecule has 1 aromatic carbocycles. The number of anilines is 1. The summed E-state index contributed by atoms with van der Waals surface area (Å²) in [6.45, 7) is 1.81. The second-order valence-corrected chi connectivity index (χ2v) is 2.70. The summed E-state index contributed by atoms with van der Waals surface area (Å²) in [5.41, 5.74) is 0.858. The Morgan fingerprint density at radius 2 is 2.00 bits per heavy atom. The molecular formula is C10H13NO2. The largest absolute Gasteiger partial charge is 0.364 e. The molecule has 0 aromatic heterocycles. The summed E-state index contributed by atoms with van der Waals surface area (Å²) in [6.07, 6.45) is 0. The van der Waals surface area contributed by atoms with Gasteiger partial charge in [0.25, 0.3) is 0 Å². The fourth-order valence-electron chi connectivity index (χ4n) is 1.08. The van der Waals surface area contributed by atoms with Crippen molar-refractivity contribution in [3.63, 3.8) is 0 Å². The van der Waals surface area contributed by atoms with E-state index in [4.69, 9.17) is 4.74 Å². The summed E-state index contributed by atoms with van der Waals surface area (Å²) in [4.78, 5) is 12.7. The van der Waals surface area contributed by atoms with E-state index in [1.807, 2.05) is 30.3 Å². The molecule has 13 heavy (non-hydrogen) atoms. The van der Waals surface area contributed by atoms with Crippen molar-refractivity contribution >= 4 is 11.6 Å². The minimum atomic E-state index is -0.0203. The second kappa shape index (κ2) is 4.62. The van der Waals surface area contributed by atoms with E-state index < -0.39 is 0 Å². The van der Waals surface area contributed by atoms with Crippen molar-refractivity contribution in [1.29, 1.82) is 0 Å². The number of rotatable bonds is 3. The summed E-state index contributed by atoms with van der Waals surface area (Å²) in [6, 6.07) is 9.44. The topological polar surface area (TPSA) is 29.5 Å². The maximum atomic E-state index is 11.2. The van der Waals surface area contributed by atoms with Gasteiger partial charge in [0.05, 0.1) is 0 Å². The quantitative estimate of drug-likeness (QED) is 0.660. The van der Waals surface area contributed by atoms with Crippen molar-refractivity contribution < 1.29 is 9.53 Å². The van der Waals surface area contributed by atoms with Crippen LogP contribution in [0.4, 0.5) is 5.69 Å². The van der Waals surface area contributed by atoms with Crippen LogP contribution in [0.3, 0.4) is 0 Å². The van der Waals surface area contributed by atoms with E-state index >= 15 is 0 Å². The molecule has 1 amide bonds. The molecule has 0 aliphatic carbocycles. The fourth-order valence-corrected chi connectivity index (χ4v) is 1.08. The van der Waals surface area contributed by atoms with E-state index in [9.17, 15) is 4.79 Å². The molecule has 0 saturated carbocycles. The van der Waals surface area contributed by atoms with Gasteiger partial charge in [0, 0.05) is 19.7 Å². The van der Waals surface area contributed by atoms with Crippen molar-refractivity contribution in [3.05, 3.63) is 30.3 Å². The van der Waals surface area contributed by atoms with Crippen molar-refractivity contribution in [2.45, 2.75) is 6.92 Å². The highest BCUT2D eigenvalue weighted by Crippen LogP contribution is 2.12. The van der Waals surface area contributed by atoms with Gasteiger partial charge in [-0.15, -0.1) is 0 Å². The average Bonchev–Trinajstić information content (AvgIpc) is 2.15. The van der Waals surface area contributed by atoms with Crippen molar-refractivity contribution in [2.24, 2.45) is 0 Å². The van der Waals surface area contributed by atoms with Crippen LogP contribution in [-0.4, -0.2) is 19.7 Å². The minimum Gasteiger partial charge on any atom is -0.364 e. The number of para-hydroxylation sites is 1. The first kappa shape index (κ1) is 9.74. The normalized spacial score (nSPS) is 9.69. The average molecular weight is 179 g/mol. The van der Waals surface area contributed by atoms with Crippen LogP contribution in [0.15, 0.2) is 30.3 Å². The lowest BCUT2D eigenvalue weighted by Gasteiger charge is -2.19. The van der Waals surface area contributed by atoms with Crippen LogP contribution in [0.1, 0.15) is 6.92 Å². The summed E-state index contributed by atoms with van der Waals surface area (Å²) in [7, 11) is 1.57. The third-order valence-corrected chi connectivity index (χ3v) is 1.71. The lowest BCUT2D eigenvalue weighted by Crippen LogP contribution is -2.30. The summed E-state index contributed by atoms with van der Waals surface area (Å²) in [5.74, 6) is -0.0203. The first-order valence-electron chi connectivity index (χ1n) is 4.08. The van der Waals surface area contributed by atoms with Crippen LogP contribution in [0.5, 0.6) is 0 Å². The predicted octanol–water partition coefficient (Wildman–Crippen LogP) is 1.64. The van der Waals surface area contributed by atoms with Gasteiger partial charge in [-0.05, 0) is 12.1 Å². The van der Waals surface area contributed by atoms with E-state index in [2.05, 4.69) is 0 Å². The third-order valence-electron chi connectivity index (χ3n) is 1.71. The number of ether oxygens (including phenoxy) is 1. The first-order valence-corrected chi connectivity index (χ1v) is 4.08. The van der Waals surface area contributed by atoms with Crippen LogP contribution in [0.25, 0.3) is 0 Å². The lowest BCUT2D eigenvalue weighted by atomic mass is 10.3. The number of carbonyl (C=O) groups excluding carboxylic acids is 1.